The van der Waals surface area contributed by atoms with Crippen LogP contribution in [0.25, 0.3) is 16.7 Å². The number of hydrogen-bond donors (Lipinski definition) is 1. The molecule has 3 aromatic rings. The summed E-state index contributed by atoms with van der Waals surface area (Å²) < 4.78 is 1.16. The van der Waals surface area contributed by atoms with Crippen molar-refractivity contribution >= 4 is 51.9 Å². The quantitative estimate of drug-likeness (QED) is 0.563. The van der Waals surface area contributed by atoms with E-state index in [1.54, 1.807) is 18.2 Å². The van der Waals surface area contributed by atoms with Crippen LogP contribution in [-0.4, -0.2) is 25.8 Å². The van der Waals surface area contributed by atoms with Crippen LogP contribution in [0.1, 0.15) is 0 Å². The zero-order valence-corrected chi connectivity index (χ0v) is 13.6. The Hall–Kier alpha value is -1.83. The summed E-state index contributed by atoms with van der Waals surface area (Å²) in [5.41, 5.74) is 6.02. The van der Waals surface area contributed by atoms with E-state index in [0.717, 1.165) is 4.57 Å². The van der Waals surface area contributed by atoms with Gasteiger partial charge in [0, 0.05) is 6.20 Å². The van der Waals surface area contributed by atoms with E-state index in [0.29, 0.717) is 15.2 Å². The van der Waals surface area contributed by atoms with Gasteiger partial charge in [-0.15, -0.1) is 0 Å². The second kappa shape index (κ2) is 5.75. The molecule has 0 aliphatic carbocycles. The average molecular weight is 354 g/mol. The summed E-state index contributed by atoms with van der Waals surface area (Å²) >= 11 is 13.6. The summed E-state index contributed by atoms with van der Waals surface area (Å²) in [6.07, 6.45) is 3.25. The first-order valence-electron chi connectivity index (χ1n) is 6.06. The molecule has 1 aromatic carbocycles. The lowest BCUT2D eigenvalue weighted by Crippen LogP contribution is -2.24. The first-order valence-corrected chi connectivity index (χ1v) is 8.04. The third-order valence-electron chi connectivity index (χ3n) is 2.97. The van der Waals surface area contributed by atoms with Crippen LogP contribution >= 0.6 is 35.0 Å². The predicted octanol–water partition coefficient (Wildman–Crippen LogP) is 2.79. The summed E-state index contributed by atoms with van der Waals surface area (Å²) in [4.78, 5) is 25.1. The highest BCUT2D eigenvalue weighted by Crippen LogP contribution is 2.29. The normalized spacial score (nSPS) is 11.0. The molecule has 9 heteroatoms. The third-order valence-corrected chi connectivity index (χ3v) is 4.15. The van der Waals surface area contributed by atoms with Gasteiger partial charge in [0.25, 0.3) is 5.56 Å². The largest absolute Gasteiger partial charge is 0.369 e. The lowest BCUT2D eigenvalue weighted by Gasteiger charge is -2.13. The second-order valence-electron chi connectivity index (χ2n) is 4.27. The number of halogens is 2. The van der Waals surface area contributed by atoms with Crippen LogP contribution in [0.3, 0.4) is 0 Å². The molecule has 22 heavy (non-hydrogen) atoms. The second-order valence-corrected chi connectivity index (χ2v) is 5.86. The number of rotatable bonds is 2. The highest BCUT2D eigenvalue weighted by Gasteiger charge is 2.17. The van der Waals surface area contributed by atoms with Gasteiger partial charge >= 0.3 is 0 Å². The molecule has 0 saturated heterocycles. The maximum atomic E-state index is 12.7. The number of aromatic nitrogens is 4. The Labute approximate surface area is 139 Å². The number of nitrogens with zero attached hydrogens (tertiary/aromatic N) is 4. The van der Waals surface area contributed by atoms with Crippen molar-refractivity contribution in [3.8, 4) is 5.69 Å². The van der Waals surface area contributed by atoms with Crippen LogP contribution < -0.4 is 11.3 Å². The lowest BCUT2D eigenvalue weighted by atomic mass is 10.3. The van der Waals surface area contributed by atoms with Gasteiger partial charge in [0.1, 0.15) is 5.39 Å². The maximum absolute atomic E-state index is 12.7. The molecule has 2 N–H and O–H groups in total. The van der Waals surface area contributed by atoms with Gasteiger partial charge in [-0.1, -0.05) is 41.0 Å². The molecule has 112 valence electrons. The minimum atomic E-state index is -0.426. The molecule has 0 amide bonds. The SMILES string of the molecule is CSc1ncc2c(=O)n(-c3c(Cl)cccc3Cl)c(N)nc2n1. The van der Waals surface area contributed by atoms with Gasteiger partial charge in [-0.25, -0.2) is 14.5 Å². The van der Waals surface area contributed by atoms with Gasteiger partial charge in [-0.3, -0.25) is 4.79 Å². The highest BCUT2D eigenvalue weighted by atomic mass is 35.5. The Morgan fingerprint density at radius 2 is 1.91 bits per heavy atom. The number of anilines is 1. The highest BCUT2D eigenvalue weighted by molar-refractivity contribution is 7.98. The molecule has 0 aliphatic heterocycles. The number of nitrogen functional groups attached to an aromatic ring is 1. The van der Waals surface area contributed by atoms with Crippen molar-refractivity contribution in [3.63, 3.8) is 0 Å². The number of nitrogens with two attached hydrogens (primary N) is 1. The van der Waals surface area contributed by atoms with E-state index < -0.39 is 5.56 Å². The fourth-order valence-electron chi connectivity index (χ4n) is 1.99. The van der Waals surface area contributed by atoms with E-state index >= 15 is 0 Å². The first-order chi connectivity index (χ1) is 10.5. The Morgan fingerprint density at radius 3 is 2.55 bits per heavy atom. The summed E-state index contributed by atoms with van der Waals surface area (Å²) in [5, 5.41) is 1.34. The predicted molar refractivity (Wildman–Crippen MR) is 89.1 cm³/mol. The molecule has 0 fully saturated rings. The van der Waals surface area contributed by atoms with E-state index in [9.17, 15) is 4.79 Å². The molecule has 3 rings (SSSR count). The minimum absolute atomic E-state index is 0.0433. The van der Waals surface area contributed by atoms with Crippen molar-refractivity contribution in [2.24, 2.45) is 0 Å². The molecule has 0 aliphatic rings. The molecule has 0 unspecified atom stereocenters. The smallest absolute Gasteiger partial charge is 0.270 e. The molecular formula is C13H9Cl2N5OS. The van der Waals surface area contributed by atoms with Crippen molar-refractivity contribution in [2.75, 3.05) is 12.0 Å². The van der Waals surface area contributed by atoms with E-state index in [4.69, 9.17) is 28.9 Å². The van der Waals surface area contributed by atoms with Gasteiger partial charge in [-0.2, -0.15) is 4.98 Å². The van der Waals surface area contributed by atoms with Crippen molar-refractivity contribution < 1.29 is 0 Å². The van der Waals surface area contributed by atoms with Gasteiger partial charge < -0.3 is 5.73 Å². The molecule has 0 atom stereocenters. The molecule has 6 nitrogen and oxygen atoms in total. The Morgan fingerprint density at radius 1 is 1.23 bits per heavy atom. The number of thioether (sulfide) groups is 1. The van der Waals surface area contributed by atoms with Crippen LogP contribution in [0.5, 0.6) is 0 Å². The maximum Gasteiger partial charge on any atom is 0.270 e. The Kier molecular flexibility index (Phi) is 3.94. The zero-order valence-electron chi connectivity index (χ0n) is 11.2. The minimum Gasteiger partial charge on any atom is -0.369 e. The summed E-state index contributed by atoms with van der Waals surface area (Å²) in [6, 6.07) is 4.91. The monoisotopic (exact) mass is 353 g/mol. The molecule has 0 spiro atoms. The number of fused-ring (bicyclic) bond motifs is 1. The lowest BCUT2D eigenvalue weighted by molar-refractivity contribution is 0.938. The van der Waals surface area contributed by atoms with E-state index in [2.05, 4.69) is 15.0 Å². The number of benzene rings is 1. The molecule has 2 aromatic heterocycles. The van der Waals surface area contributed by atoms with Crippen molar-refractivity contribution in [1.29, 1.82) is 0 Å². The summed E-state index contributed by atoms with van der Waals surface area (Å²) in [6.45, 7) is 0. The Balaban J connectivity index is 2.39. The van der Waals surface area contributed by atoms with Crippen LogP contribution in [0.4, 0.5) is 5.95 Å². The topological polar surface area (TPSA) is 86.7 Å². The number of hydrogen-bond acceptors (Lipinski definition) is 6. The molecule has 2 heterocycles. The van der Waals surface area contributed by atoms with Crippen LogP contribution in [-0.2, 0) is 0 Å². The van der Waals surface area contributed by atoms with Crippen LogP contribution in [0, 0.1) is 0 Å². The van der Waals surface area contributed by atoms with Gasteiger partial charge in [0.2, 0.25) is 5.95 Å². The summed E-state index contributed by atoms with van der Waals surface area (Å²) in [7, 11) is 0. The van der Waals surface area contributed by atoms with Crippen molar-refractivity contribution in [2.45, 2.75) is 5.16 Å². The van der Waals surface area contributed by atoms with Crippen LogP contribution in [0.15, 0.2) is 34.3 Å². The van der Waals surface area contributed by atoms with E-state index in [-0.39, 0.29) is 22.7 Å². The zero-order chi connectivity index (χ0) is 15.9. The van der Waals surface area contributed by atoms with Gasteiger partial charge in [0.05, 0.1) is 15.7 Å². The average Bonchev–Trinajstić information content (AvgIpc) is 2.49. The fraction of sp³-hybridized carbons (Fsp3) is 0.0769. The third kappa shape index (κ3) is 2.41. The van der Waals surface area contributed by atoms with Crippen molar-refractivity contribution in [1.82, 2.24) is 19.5 Å². The number of para-hydroxylation sites is 1. The van der Waals surface area contributed by atoms with Crippen molar-refractivity contribution in [3.05, 3.63) is 44.8 Å². The van der Waals surface area contributed by atoms with E-state index in [1.165, 1.54) is 18.0 Å². The van der Waals surface area contributed by atoms with Gasteiger partial charge in [0.15, 0.2) is 10.8 Å². The first kappa shape index (κ1) is 15.1. The molecule has 0 bridgehead atoms. The van der Waals surface area contributed by atoms with E-state index in [1.807, 2.05) is 6.26 Å². The molecule has 0 saturated carbocycles. The molecule has 0 radical (unpaired) electrons. The van der Waals surface area contributed by atoms with Gasteiger partial charge in [-0.05, 0) is 18.4 Å². The summed E-state index contributed by atoms with van der Waals surface area (Å²) in [5.74, 6) is -0.0433. The standard InChI is InChI=1S/C13H9Cl2N5OS/c1-22-13-17-5-6-10(19-13)18-12(16)20(11(6)21)9-7(14)3-2-4-8(9)15/h2-5H,1H3,(H2,16,17,18,19). The van der Waals surface area contributed by atoms with Crippen LogP contribution in [0.2, 0.25) is 10.0 Å². The molecular weight excluding hydrogens is 345 g/mol. The Bertz CT molecular complexity index is 923. The fourth-order valence-corrected chi connectivity index (χ4v) is 2.90.